The lowest BCUT2D eigenvalue weighted by atomic mass is 10.0. The highest BCUT2D eigenvalue weighted by atomic mass is 19.4. The van der Waals surface area contributed by atoms with Crippen LogP contribution in [0.25, 0.3) is 27.7 Å². The molecule has 1 amide bonds. The molecule has 0 aliphatic rings. The smallest absolute Gasteiger partial charge is 0.318 e. The van der Waals surface area contributed by atoms with Crippen molar-refractivity contribution in [2.75, 3.05) is 5.32 Å². The highest BCUT2D eigenvalue weighted by molar-refractivity contribution is 6.03. The van der Waals surface area contributed by atoms with Gasteiger partial charge < -0.3 is 5.32 Å². The van der Waals surface area contributed by atoms with Gasteiger partial charge in [0.1, 0.15) is 5.82 Å². The molecular weight excluding hydrogens is 512 g/mol. The van der Waals surface area contributed by atoms with E-state index in [0.717, 1.165) is 16.8 Å². The Hall–Kier alpha value is -5.06. The first-order valence-electron chi connectivity index (χ1n) is 11.8. The molecule has 0 saturated carbocycles. The molecule has 39 heavy (non-hydrogen) atoms. The van der Waals surface area contributed by atoms with Crippen molar-refractivity contribution in [3.05, 3.63) is 114 Å². The van der Waals surface area contributed by atoms with Crippen molar-refractivity contribution in [3.8, 4) is 11.3 Å². The van der Waals surface area contributed by atoms with Crippen molar-refractivity contribution in [1.29, 1.82) is 0 Å². The van der Waals surface area contributed by atoms with Crippen molar-refractivity contribution >= 4 is 28.0 Å². The fraction of sp³-hybridized carbons (Fsp3) is 0.0714. The van der Waals surface area contributed by atoms with Crippen LogP contribution >= 0.6 is 0 Å². The summed E-state index contributed by atoms with van der Waals surface area (Å²) in [5.74, 6) is -1.11. The first-order valence-corrected chi connectivity index (χ1v) is 11.8. The Morgan fingerprint density at radius 1 is 0.923 bits per heavy atom. The zero-order valence-electron chi connectivity index (χ0n) is 20.0. The number of hydrogen-bond donors (Lipinski definition) is 1. The average molecular weight is 530 g/mol. The van der Waals surface area contributed by atoms with Gasteiger partial charge in [-0.1, -0.05) is 48.5 Å². The van der Waals surface area contributed by atoms with Gasteiger partial charge in [0.05, 0.1) is 24.1 Å². The summed E-state index contributed by atoms with van der Waals surface area (Å²) in [4.78, 5) is 17.2. The Morgan fingerprint density at radius 3 is 2.54 bits per heavy atom. The quantitative estimate of drug-likeness (QED) is 0.269. The first-order chi connectivity index (χ1) is 18.7. The minimum Gasteiger partial charge on any atom is -0.318 e. The van der Waals surface area contributed by atoms with Gasteiger partial charge in [0.2, 0.25) is 0 Å². The van der Waals surface area contributed by atoms with E-state index < -0.39 is 17.8 Å². The predicted molar refractivity (Wildman–Crippen MR) is 137 cm³/mol. The van der Waals surface area contributed by atoms with Crippen LogP contribution in [0.3, 0.4) is 0 Å². The number of aromatic nitrogens is 5. The van der Waals surface area contributed by atoms with Crippen LogP contribution in [0.4, 0.5) is 23.2 Å². The number of amides is 1. The maximum absolute atomic E-state index is 14.0. The molecule has 7 nitrogen and oxygen atoms in total. The summed E-state index contributed by atoms with van der Waals surface area (Å²) >= 11 is 0. The largest absolute Gasteiger partial charge is 0.433 e. The van der Waals surface area contributed by atoms with Gasteiger partial charge in [0, 0.05) is 17.8 Å². The molecule has 3 aromatic carbocycles. The van der Waals surface area contributed by atoms with Gasteiger partial charge >= 0.3 is 6.18 Å². The molecule has 3 aromatic heterocycles. The molecule has 6 aromatic rings. The number of halogens is 4. The monoisotopic (exact) mass is 530 g/mol. The minimum absolute atomic E-state index is 0.103. The van der Waals surface area contributed by atoms with Crippen LogP contribution < -0.4 is 5.32 Å². The minimum atomic E-state index is -4.75. The number of anilines is 1. The highest BCUT2D eigenvalue weighted by Gasteiger charge is 2.35. The summed E-state index contributed by atoms with van der Waals surface area (Å²) in [7, 11) is 0. The standard InChI is InChI=1S/C28H18F4N6O/c29-21-7-3-4-17(10-21)15-37-16-22(14-33-37)34-27(39)24-13-26-35-23(12-25(28(30,31)32)38(26)36-24)20-9-8-18-5-1-2-6-19(18)11-20/h1-14,16H,15H2,(H,34,39). The van der Waals surface area contributed by atoms with E-state index in [9.17, 15) is 22.4 Å². The molecule has 0 unspecified atom stereocenters. The Balaban J connectivity index is 1.30. The molecule has 3 heterocycles. The molecule has 0 fully saturated rings. The highest BCUT2D eigenvalue weighted by Crippen LogP contribution is 2.33. The van der Waals surface area contributed by atoms with Gasteiger partial charge in [-0.05, 0) is 40.6 Å². The summed E-state index contributed by atoms with van der Waals surface area (Å²) < 4.78 is 57.6. The Kier molecular flexibility index (Phi) is 5.82. The summed E-state index contributed by atoms with van der Waals surface area (Å²) in [6.45, 7) is 0.262. The Bertz CT molecular complexity index is 1860. The number of nitrogens with one attached hydrogen (secondary N) is 1. The number of hydrogen-bond acceptors (Lipinski definition) is 4. The third-order valence-electron chi connectivity index (χ3n) is 6.12. The first kappa shape index (κ1) is 24.3. The molecule has 11 heteroatoms. The summed E-state index contributed by atoms with van der Waals surface area (Å²) in [6.07, 6.45) is -1.84. The fourth-order valence-electron chi connectivity index (χ4n) is 4.32. The molecule has 0 aliphatic carbocycles. The fourth-order valence-corrected chi connectivity index (χ4v) is 4.32. The van der Waals surface area contributed by atoms with E-state index >= 15 is 0 Å². The van der Waals surface area contributed by atoms with Gasteiger partial charge in [-0.2, -0.15) is 23.4 Å². The van der Waals surface area contributed by atoms with E-state index in [2.05, 4.69) is 20.5 Å². The van der Waals surface area contributed by atoms with Crippen LogP contribution in [-0.2, 0) is 12.7 Å². The van der Waals surface area contributed by atoms with Crippen LogP contribution in [-0.4, -0.2) is 30.3 Å². The van der Waals surface area contributed by atoms with Gasteiger partial charge in [0.15, 0.2) is 17.0 Å². The van der Waals surface area contributed by atoms with Crippen LogP contribution in [0.15, 0.2) is 91.3 Å². The number of benzene rings is 3. The van der Waals surface area contributed by atoms with Crippen LogP contribution in [0.1, 0.15) is 21.7 Å². The lowest BCUT2D eigenvalue weighted by Crippen LogP contribution is -2.15. The van der Waals surface area contributed by atoms with Gasteiger partial charge in [0.25, 0.3) is 5.91 Å². The second-order valence-corrected chi connectivity index (χ2v) is 8.90. The summed E-state index contributed by atoms with van der Waals surface area (Å²) in [6, 6.07) is 20.9. The van der Waals surface area contributed by atoms with Gasteiger partial charge in [-0.3, -0.25) is 9.48 Å². The molecule has 6 rings (SSSR count). The molecule has 194 valence electrons. The second kappa shape index (κ2) is 9.35. The van der Waals surface area contributed by atoms with E-state index in [1.807, 2.05) is 30.3 Å². The predicted octanol–water partition coefficient (Wildman–Crippen LogP) is 6.20. The number of nitrogens with zero attached hydrogens (tertiary/aromatic N) is 5. The summed E-state index contributed by atoms with van der Waals surface area (Å²) in [5.41, 5.74) is 0.142. The van der Waals surface area contributed by atoms with Crippen molar-refractivity contribution in [1.82, 2.24) is 24.4 Å². The molecule has 0 spiro atoms. The van der Waals surface area contributed by atoms with E-state index in [0.29, 0.717) is 21.3 Å². The zero-order valence-corrected chi connectivity index (χ0v) is 20.0. The van der Waals surface area contributed by atoms with E-state index in [1.165, 1.54) is 35.3 Å². The van der Waals surface area contributed by atoms with Gasteiger partial charge in [-0.15, -0.1) is 0 Å². The number of rotatable bonds is 5. The number of carbonyl (C=O) groups is 1. The van der Waals surface area contributed by atoms with Gasteiger partial charge in [-0.25, -0.2) is 13.9 Å². The van der Waals surface area contributed by atoms with Crippen molar-refractivity contribution < 1.29 is 22.4 Å². The normalized spacial score (nSPS) is 11.8. The van der Waals surface area contributed by atoms with Crippen LogP contribution in [0, 0.1) is 5.82 Å². The third kappa shape index (κ3) is 4.93. The van der Waals surface area contributed by atoms with Crippen molar-refractivity contribution in [2.24, 2.45) is 0 Å². The van der Waals surface area contributed by atoms with Crippen molar-refractivity contribution in [3.63, 3.8) is 0 Å². The Labute approximate surface area is 218 Å². The number of fused-ring (bicyclic) bond motifs is 2. The molecule has 0 saturated heterocycles. The van der Waals surface area contributed by atoms with E-state index in [4.69, 9.17) is 0 Å². The lowest BCUT2D eigenvalue weighted by molar-refractivity contribution is -0.142. The van der Waals surface area contributed by atoms with E-state index in [1.54, 1.807) is 24.3 Å². The summed E-state index contributed by atoms with van der Waals surface area (Å²) in [5, 5.41) is 12.4. The third-order valence-corrected chi connectivity index (χ3v) is 6.12. The maximum atomic E-state index is 14.0. The molecule has 0 atom stereocenters. The molecule has 0 aliphatic heterocycles. The Morgan fingerprint density at radius 2 is 1.74 bits per heavy atom. The zero-order chi connectivity index (χ0) is 27.1. The lowest BCUT2D eigenvalue weighted by Gasteiger charge is -2.11. The van der Waals surface area contributed by atoms with Crippen molar-refractivity contribution in [2.45, 2.75) is 12.7 Å². The second-order valence-electron chi connectivity index (χ2n) is 8.90. The molecular formula is C28H18F4N6O. The molecule has 1 N–H and O–H groups in total. The van der Waals surface area contributed by atoms with E-state index in [-0.39, 0.29) is 29.4 Å². The van der Waals surface area contributed by atoms with Crippen LogP contribution in [0.5, 0.6) is 0 Å². The molecule has 0 radical (unpaired) electrons. The average Bonchev–Trinajstić information content (AvgIpc) is 3.54. The molecule has 0 bridgehead atoms. The SMILES string of the molecule is O=C(Nc1cnn(Cc2cccc(F)c2)c1)c1cc2nc(-c3ccc4ccccc4c3)cc(C(F)(F)F)n2n1. The van der Waals surface area contributed by atoms with Crippen LogP contribution in [0.2, 0.25) is 0 Å². The number of alkyl halides is 3. The maximum Gasteiger partial charge on any atom is 0.433 e. The topological polar surface area (TPSA) is 77.1 Å². The number of carbonyl (C=O) groups excluding carboxylic acids is 1.